The second-order valence-corrected chi connectivity index (χ2v) is 6.49. The van der Waals surface area contributed by atoms with Crippen LogP contribution in [0.5, 0.6) is 0 Å². The first-order chi connectivity index (χ1) is 9.29. The molecule has 0 aliphatic rings. The summed E-state index contributed by atoms with van der Waals surface area (Å²) >= 11 is 5.86. The monoisotopic (exact) mass is 311 g/mol. The van der Waals surface area contributed by atoms with Crippen molar-refractivity contribution in [1.82, 2.24) is 4.98 Å². The summed E-state index contributed by atoms with van der Waals surface area (Å²) in [6, 6.07) is 6.25. The number of nitrogens with zero attached hydrogens (tertiary/aromatic N) is 1. The summed E-state index contributed by atoms with van der Waals surface area (Å²) in [4.78, 5) is 4.14. The summed E-state index contributed by atoms with van der Waals surface area (Å²) in [5.74, 6) is 0. The number of hydrogen-bond donors (Lipinski definition) is 2. The van der Waals surface area contributed by atoms with Gasteiger partial charge in [0, 0.05) is 5.69 Å². The Balaban J connectivity index is 2.40. The topological polar surface area (TPSA) is 85.1 Å². The minimum atomic E-state index is -3.72. The van der Waals surface area contributed by atoms with Crippen molar-refractivity contribution in [2.75, 3.05) is 10.5 Å². The molecule has 0 spiro atoms. The van der Waals surface area contributed by atoms with Crippen molar-refractivity contribution in [1.29, 1.82) is 0 Å². The molecule has 0 radical (unpaired) electrons. The third kappa shape index (κ3) is 3.02. The average Bonchev–Trinajstić information content (AvgIpc) is 2.36. The molecule has 2 aromatic rings. The van der Waals surface area contributed by atoms with Crippen molar-refractivity contribution in [3.05, 3.63) is 46.7 Å². The molecule has 0 saturated carbocycles. The molecule has 1 aromatic carbocycles. The van der Waals surface area contributed by atoms with E-state index in [0.717, 1.165) is 5.69 Å². The summed E-state index contributed by atoms with van der Waals surface area (Å²) in [6.07, 6.45) is 1.46. The molecule has 0 aliphatic carbocycles. The Labute approximate surface area is 122 Å². The van der Waals surface area contributed by atoms with Crippen molar-refractivity contribution in [2.24, 2.45) is 0 Å². The molecule has 20 heavy (non-hydrogen) atoms. The molecular weight excluding hydrogens is 298 g/mol. The maximum atomic E-state index is 12.3. The van der Waals surface area contributed by atoms with Crippen molar-refractivity contribution < 1.29 is 8.42 Å². The second-order valence-electron chi connectivity index (χ2n) is 4.43. The highest BCUT2D eigenvalue weighted by Gasteiger charge is 2.18. The van der Waals surface area contributed by atoms with Gasteiger partial charge in [0.15, 0.2) is 0 Å². The van der Waals surface area contributed by atoms with E-state index in [4.69, 9.17) is 17.3 Å². The summed E-state index contributed by atoms with van der Waals surface area (Å²) in [6.45, 7) is 3.48. The fraction of sp³-hybridized carbons (Fsp3) is 0.154. The molecule has 2 rings (SSSR count). The highest BCUT2D eigenvalue weighted by Crippen LogP contribution is 2.27. The zero-order chi connectivity index (χ0) is 14.9. The average molecular weight is 312 g/mol. The van der Waals surface area contributed by atoms with E-state index in [-0.39, 0.29) is 10.6 Å². The number of anilines is 2. The van der Waals surface area contributed by atoms with Gasteiger partial charge in [-0.2, -0.15) is 0 Å². The van der Waals surface area contributed by atoms with E-state index >= 15 is 0 Å². The fourth-order valence-corrected chi connectivity index (χ4v) is 3.22. The van der Waals surface area contributed by atoms with Crippen LogP contribution in [0.1, 0.15) is 11.3 Å². The molecule has 0 aliphatic heterocycles. The number of aryl methyl sites for hydroxylation is 2. The Bertz CT molecular complexity index is 743. The normalized spacial score (nSPS) is 11.3. The minimum Gasteiger partial charge on any atom is -0.397 e. The number of nitrogen functional groups attached to an aromatic ring is 1. The third-order valence-corrected chi connectivity index (χ3v) is 4.60. The standard InChI is InChI=1S/C13H14ClN3O2S/c1-8-5-11(14)12(15)6-13(8)20(18,19)17-10-4-3-9(2)16-7-10/h3-7,17H,15H2,1-2H3. The number of aromatic nitrogens is 1. The third-order valence-electron chi connectivity index (χ3n) is 2.75. The van der Waals surface area contributed by atoms with Gasteiger partial charge in [-0.25, -0.2) is 8.42 Å². The molecule has 0 amide bonds. The maximum Gasteiger partial charge on any atom is 0.262 e. The molecule has 1 aromatic heterocycles. The Hall–Kier alpha value is -1.79. The smallest absolute Gasteiger partial charge is 0.262 e. The van der Waals surface area contributed by atoms with Crippen LogP contribution < -0.4 is 10.5 Å². The zero-order valence-corrected chi connectivity index (χ0v) is 12.6. The number of halogens is 1. The molecule has 0 unspecified atom stereocenters. The van der Waals surface area contributed by atoms with Crippen molar-refractivity contribution >= 4 is 33.0 Å². The molecule has 0 bridgehead atoms. The van der Waals surface area contributed by atoms with Crippen LogP contribution in [0.4, 0.5) is 11.4 Å². The molecule has 1 heterocycles. The van der Waals surface area contributed by atoms with Gasteiger partial charge in [0.2, 0.25) is 0 Å². The predicted octanol–water partition coefficient (Wildman–Crippen LogP) is 2.73. The van der Waals surface area contributed by atoms with Gasteiger partial charge < -0.3 is 5.73 Å². The van der Waals surface area contributed by atoms with Gasteiger partial charge in [0.05, 0.1) is 27.5 Å². The minimum absolute atomic E-state index is 0.0972. The lowest BCUT2D eigenvalue weighted by Crippen LogP contribution is -2.15. The molecular formula is C13H14ClN3O2S. The summed E-state index contributed by atoms with van der Waals surface area (Å²) in [7, 11) is -3.72. The molecule has 0 fully saturated rings. The van der Waals surface area contributed by atoms with Crippen LogP contribution in [-0.4, -0.2) is 13.4 Å². The largest absolute Gasteiger partial charge is 0.397 e. The molecule has 106 valence electrons. The van der Waals surface area contributed by atoms with Gasteiger partial charge in [-0.1, -0.05) is 11.6 Å². The van der Waals surface area contributed by atoms with Gasteiger partial charge in [-0.15, -0.1) is 0 Å². The van der Waals surface area contributed by atoms with Gasteiger partial charge in [0.1, 0.15) is 0 Å². The van der Waals surface area contributed by atoms with Crippen LogP contribution in [-0.2, 0) is 10.0 Å². The number of benzene rings is 1. The maximum absolute atomic E-state index is 12.3. The van der Waals surface area contributed by atoms with E-state index in [1.54, 1.807) is 19.1 Å². The van der Waals surface area contributed by atoms with Crippen LogP contribution in [0.2, 0.25) is 5.02 Å². The molecule has 0 saturated heterocycles. The van der Waals surface area contributed by atoms with Gasteiger partial charge in [-0.05, 0) is 43.7 Å². The Morgan fingerprint density at radius 2 is 1.95 bits per heavy atom. The molecule has 0 atom stereocenters. The van der Waals surface area contributed by atoms with Crippen LogP contribution in [0.25, 0.3) is 0 Å². The number of nitrogens with one attached hydrogen (secondary N) is 1. The lowest BCUT2D eigenvalue weighted by Gasteiger charge is -2.11. The fourth-order valence-electron chi connectivity index (χ4n) is 1.70. The van der Waals surface area contributed by atoms with Gasteiger partial charge in [-0.3, -0.25) is 9.71 Å². The first-order valence-electron chi connectivity index (χ1n) is 5.81. The summed E-state index contributed by atoms with van der Waals surface area (Å²) in [5.41, 5.74) is 7.61. The van der Waals surface area contributed by atoms with Crippen LogP contribution >= 0.6 is 11.6 Å². The van der Waals surface area contributed by atoms with E-state index in [9.17, 15) is 8.42 Å². The predicted molar refractivity (Wildman–Crippen MR) is 80.4 cm³/mol. The number of rotatable bonds is 3. The Kier molecular flexibility index (Phi) is 3.87. The van der Waals surface area contributed by atoms with Gasteiger partial charge in [0.25, 0.3) is 10.0 Å². The van der Waals surface area contributed by atoms with Crippen molar-refractivity contribution in [2.45, 2.75) is 18.7 Å². The first kappa shape index (κ1) is 14.6. The van der Waals surface area contributed by atoms with E-state index in [2.05, 4.69) is 9.71 Å². The summed E-state index contributed by atoms with van der Waals surface area (Å²) < 4.78 is 27.1. The van der Waals surface area contributed by atoms with Crippen LogP contribution in [0.15, 0.2) is 35.4 Å². The van der Waals surface area contributed by atoms with Gasteiger partial charge >= 0.3 is 0 Å². The summed E-state index contributed by atoms with van der Waals surface area (Å²) in [5, 5.41) is 0.332. The van der Waals surface area contributed by atoms with Crippen molar-refractivity contribution in [3.63, 3.8) is 0 Å². The number of nitrogens with two attached hydrogens (primary N) is 1. The number of hydrogen-bond acceptors (Lipinski definition) is 4. The highest BCUT2D eigenvalue weighted by molar-refractivity contribution is 7.92. The lowest BCUT2D eigenvalue weighted by molar-refractivity contribution is 0.600. The molecule has 5 nitrogen and oxygen atoms in total. The zero-order valence-electron chi connectivity index (χ0n) is 11.0. The highest BCUT2D eigenvalue weighted by atomic mass is 35.5. The number of sulfonamides is 1. The molecule has 7 heteroatoms. The van der Waals surface area contributed by atoms with E-state index in [1.807, 2.05) is 6.92 Å². The molecule has 3 N–H and O–H groups in total. The Morgan fingerprint density at radius 3 is 2.55 bits per heavy atom. The van der Waals surface area contributed by atoms with Crippen LogP contribution in [0.3, 0.4) is 0 Å². The Morgan fingerprint density at radius 1 is 1.25 bits per heavy atom. The van der Waals surface area contributed by atoms with E-state index in [1.165, 1.54) is 18.3 Å². The quantitative estimate of drug-likeness (QED) is 0.853. The second kappa shape index (κ2) is 5.30. The SMILES string of the molecule is Cc1ccc(NS(=O)(=O)c2cc(N)c(Cl)cc2C)cn1. The lowest BCUT2D eigenvalue weighted by atomic mass is 10.2. The van der Waals surface area contributed by atoms with E-state index in [0.29, 0.717) is 16.3 Å². The van der Waals surface area contributed by atoms with Crippen LogP contribution in [0, 0.1) is 13.8 Å². The number of pyridine rings is 1. The van der Waals surface area contributed by atoms with E-state index < -0.39 is 10.0 Å². The first-order valence-corrected chi connectivity index (χ1v) is 7.67. The van der Waals surface area contributed by atoms with Crippen molar-refractivity contribution in [3.8, 4) is 0 Å².